The van der Waals surface area contributed by atoms with Crippen LogP contribution in [-0.2, 0) is 0 Å². The van der Waals surface area contributed by atoms with Gasteiger partial charge in [-0.25, -0.2) is 0 Å². The summed E-state index contributed by atoms with van der Waals surface area (Å²) in [4.78, 5) is 0. The number of nitriles is 4. The molecule has 10 aliphatic heterocycles. The highest BCUT2D eigenvalue weighted by Crippen LogP contribution is 2.58. The summed E-state index contributed by atoms with van der Waals surface area (Å²) in [5.41, 5.74) is 0.00373. The van der Waals surface area contributed by atoms with Gasteiger partial charge >= 0.3 is 0 Å². The van der Waals surface area contributed by atoms with E-state index in [1.165, 1.54) is 104 Å². The van der Waals surface area contributed by atoms with Crippen LogP contribution in [-0.4, -0.2) is 25.0 Å². The average Bonchev–Trinajstić information content (AvgIpc) is 4.22. The SMILES string of the molecule is CSC1=C(SC)SC(=c2sc3sc4sc(=C5SC=CS5)sc=4sc=3s2)S1.CSC1=C(SC)SC(=c2sc3sc4sc(=C5SC=CS5)sc=4sc=3s2)S1.N#CC(C#N)=c1ccc(=C(C#N)C#N)cc1. The van der Waals surface area contributed by atoms with Gasteiger partial charge in [0.15, 0.2) is 0 Å². The zero-order chi connectivity index (χ0) is 47.3. The second-order valence-corrected chi connectivity index (χ2v) is 40.4. The van der Waals surface area contributed by atoms with E-state index >= 15 is 0 Å². The van der Waals surface area contributed by atoms with Crippen LogP contribution in [0.3, 0.4) is 0 Å². The zero-order valence-electron chi connectivity index (χ0n) is 34.2. The summed E-state index contributed by atoms with van der Waals surface area (Å²) >= 11 is 46.5. The molecule has 28 heteroatoms. The Bertz CT molecular complexity index is 3670. The van der Waals surface area contributed by atoms with E-state index in [9.17, 15) is 0 Å². The molecule has 4 nitrogen and oxygen atoms in total. The lowest BCUT2D eigenvalue weighted by molar-refractivity contribution is 1.46. The molecule has 0 radical (unpaired) electrons. The van der Waals surface area contributed by atoms with Gasteiger partial charge < -0.3 is 0 Å². The van der Waals surface area contributed by atoms with E-state index in [1.807, 2.05) is 277 Å². The van der Waals surface area contributed by atoms with Crippen LogP contribution >= 0.6 is 277 Å². The van der Waals surface area contributed by atoms with E-state index in [0.717, 1.165) is 0 Å². The molecule has 10 aliphatic rings. The Balaban J connectivity index is 0.000000132. The summed E-state index contributed by atoms with van der Waals surface area (Å²) in [6, 6.07) is 13.2. The Labute approximate surface area is 487 Å². The highest BCUT2D eigenvalue weighted by atomic mass is 32.3. The highest BCUT2D eigenvalue weighted by Gasteiger charge is 2.23. The van der Waals surface area contributed by atoms with Crippen LogP contribution < -0.4 is 25.8 Å². The molecule has 1 aromatic carbocycles. The average molecular weight is 1330 g/mol. The lowest BCUT2D eigenvalue weighted by atomic mass is 10.1. The molecule has 0 aliphatic carbocycles. The Morgan fingerprint density at radius 1 is 0.324 bits per heavy atom. The van der Waals surface area contributed by atoms with Crippen molar-refractivity contribution in [3.8, 4) is 24.3 Å². The first-order valence-electron chi connectivity index (χ1n) is 18.1. The number of thioether (sulfide) groups is 12. The molecule has 11 rings (SSSR count). The van der Waals surface area contributed by atoms with Gasteiger partial charge in [0.2, 0.25) is 0 Å². The molecule has 0 aromatic heterocycles. The maximum absolute atomic E-state index is 8.63. The third-order valence-corrected chi connectivity index (χ3v) is 42.3. The molecule has 0 saturated heterocycles. The van der Waals surface area contributed by atoms with E-state index in [4.69, 9.17) is 21.0 Å². The topological polar surface area (TPSA) is 95.2 Å². The van der Waals surface area contributed by atoms with Gasteiger partial charge in [0.05, 0.1) is 33.9 Å². The largest absolute Gasteiger partial charge is 0.192 e. The van der Waals surface area contributed by atoms with Crippen molar-refractivity contribution in [1.29, 1.82) is 21.0 Å². The second-order valence-electron chi connectivity index (χ2n) is 12.0. The van der Waals surface area contributed by atoms with E-state index in [0.29, 0.717) is 10.4 Å². The van der Waals surface area contributed by atoms with E-state index in [1.54, 1.807) is 24.3 Å². The predicted molar refractivity (Wildman–Crippen MR) is 338 cm³/mol. The van der Waals surface area contributed by atoms with Gasteiger partial charge in [-0.05, 0) is 46.7 Å². The molecule has 0 bridgehead atoms. The summed E-state index contributed by atoms with van der Waals surface area (Å²) in [7, 11) is 0. The first kappa shape index (κ1) is 53.5. The summed E-state index contributed by atoms with van der Waals surface area (Å²) < 4.78 is 29.4. The lowest BCUT2D eigenvalue weighted by Crippen LogP contribution is -2.11. The van der Waals surface area contributed by atoms with Crippen molar-refractivity contribution in [3.05, 3.63) is 119 Å². The molecule has 0 spiro atoms. The Morgan fingerprint density at radius 3 is 0.735 bits per heavy atom. The van der Waals surface area contributed by atoms with Gasteiger partial charge in [-0.2, -0.15) is 21.0 Å². The van der Waals surface area contributed by atoms with Crippen molar-refractivity contribution in [2.75, 3.05) is 25.0 Å². The van der Waals surface area contributed by atoms with Crippen LogP contribution in [0.4, 0.5) is 0 Å². The molecule has 0 atom stereocenters. The third kappa shape index (κ3) is 12.3. The monoisotopic (exact) mass is 1320 g/mol. The second kappa shape index (κ2) is 25.5. The fourth-order valence-corrected chi connectivity index (χ4v) is 39.5. The van der Waals surface area contributed by atoms with Gasteiger partial charge in [0.1, 0.15) is 81.6 Å². The molecule has 0 N–H and O–H groups in total. The standard InChI is InChI=1S/2C14H8S12.C12H4N4/c2*1-15-5-6(16-2)20-9(19-5)10-23-13-14(24-10)26-12-11(25-13)21-8(22-12)7-17-3-4-18-7;13-5-11(6-14)9-1-2-10(4-3-9)12(7-15)8-16/h2*3-4H,1-2H3;1-4H. The zero-order valence-corrected chi connectivity index (χ0v) is 53.8. The van der Waals surface area contributed by atoms with Crippen molar-refractivity contribution < 1.29 is 0 Å². The van der Waals surface area contributed by atoms with Gasteiger partial charge in [-0.3, -0.25) is 0 Å². The van der Waals surface area contributed by atoms with Crippen molar-refractivity contribution in [2.24, 2.45) is 0 Å². The minimum atomic E-state index is 0.00187. The first-order chi connectivity index (χ1) is 33.3. The van der Waals surface area contributed by atoms with Gasteiger partial charge in [0, 0.05) is 10.4 Å². The van der Waals surface area contributed by atoms with E-state index < -0.39 is 0 Å². The van der Waals surface area contributed by atoms with Crippen LogP contribution in [0.2, 0.25) is 0 Å². The Hall–Kier alpha value is 0.640. The molecule has 0 saturated carbocycles. The smallest absolute Gasteiger partial charge is 0.136 e. The van der Waals surface area contributed by atoms with Crippen molar-refractivity contribution in [3.63, 3.8) is 0 Å². The molecule has 0 amide bonds. The van der Waals surface area contributed by atoms with E-state index in [2.05, 4.69) is 46.7 Å². The minimum Gasteiger partial charge on any atom is -0.192 e. The lowest BCUT2D eigenvalue weighted by Gasteiger charge is -1.94. The van der Waals surface area contributed by atoms with Crippen molar-refractivity contribution >= 4 is 305 Å². The quantitative estimate of drug-likeness (QED) is 0.167. The van der Waals surface area contributed by atoms with Crippen molar-refractivity contribution in [1.82, 2.24) is 0 Å². The normalized spacial score (nSPS) is 15.3. The fraction of sp³-hybridized carbons (Fsp3) is 0.100. The summed E-state index contributed by atoms with van der Waals surface area (Å²) in [5.74, 6) is 0. The number of rotatable bonds is 4. The molecule has 1 aromatic rings. The number of nitrogens with zero attached hydrogens (tertiary/aromatic N) is 4. The Kier molecular flexibility index (Phi) is 20.0. The third-order valence-electron chi connectivity index (χ3n) is 8.10. The Morgan fingerprint density at radius 2 is 0.529 bits per heavy atom. The summed E-state index contributed by atoms with van der Waals surface area (Å²) in [5, 5.41) is 44.2. The maximum Gasteiger partial charge on any atom is 0.136 e. The first-order valence-corrected chi connectivity index (χ1v) is 39.6. The molecule has 68 heavy (non-hydrogen) atoms. The van der Waals surface area contributed by atoms with Gasteiger partial charge in [0.25, 0.3) is 0 Å². The minimum absolute atomic E-state index is 0.00187. The van der Waals surface area contributed by atoms with Gasteiger partial charge in [-0.15, -0.1) is 183 Å². The van der Waals surface area contributed by atoms with Crippen LogP contribution in [0, 0.1) is 76.1 Å². The van der Waals surface area contributed by atoms with Crippen LogP contribution in [0.1, 0.15) is 0 Å². The maximum atomic E-state index is 8.63. The molecule has 10 heterocycles. The van der Waals surface area contributed by atoms with Crippen molar-refractivity contribution in [2.45, 2.75) is 0 Å². The van der Waals surface area contributed by atoms with Crippen LogP contribution in [0.15, 0.2) is 62.8 Å². The van der Waals surface area contributed by atoms with Crippen LogP contribution in [0.5, 0.6) is 0 Å². The predicted octanol–water partition coefficient (Wildman–Crippen LogP) is 16.2. The summed E-state index contributed by atoms with van der Waals surface area (Å²) in [6.45, 7) is 0. The van der Waals surface area contributed by atoms with Crippen LogP contribution in [0.25, 0.3) is 28.1 Å². The molecular weight excluding hydrogens is 1310 g/mol. The molecule has 344 valence electrons. The molecule has 0 fully saturated rings. The fourth-order valence-electron chi connectivity index (χ4n) is 5.19. The van der Waals surface area contributed by atoms with Gasteiger partial charge in [-0.1, -0.05) is 118 Å². The summed E-state index contributed by atoms with van der Waals surface area (Å²) in [6.07, 6.45) is 8.73. The number of hydrogen-bond acceptors (Lipinski definition) is 28. The number of hydrogen-bond donors (Lipinski definition) is 0. The number of benzene rings is 1. The highest BCUT2D eigenvalue weighted by molar-refractivity contribution is 8.46. The molecule has 0 unspecified atom stereocenters. The van der Waals surface area contributed by atoms with E-state index in [-0.39, 0.29) is 11.1 Å². The molecular formula is C40H20N4S24.